The minimum absolute atomic E-state index is 0.172. The Kier molecular flexibility index (Phi) is 8.26. The summed E-state index contributed by atoms with van der Waals surface area (Å²) in [6.45, 7) is -0.0609. The molecular formula is C24H29N3O6. The third kappa shape index (κ3) is 6.23. The lowest BCUT2D eigenvalue weighted by atomic mass is 10.1. The van der Waals surface area contributed by atoms with E-state index < -0.39 is 29.9 Å². The highest BCUT2D eigenvalue weighted by atomic mass is 16.5. The Morgan fingerprint density at radius 2 is 1.82 bits per heavy atom. The molecule has 0 aromatic heterocycles. The van der Waals surface area contributed by atoms with E-state index in [1.807, 2.05) is 36.4 Å². The van der Waals surface area contributed by atoms with Crippen LogP contribution in [0.3, 0.4) is 0 Å². The Balaban J connectivity index is 1.53. The van der Waals surface area contributed by atoms with Crippen molar-refractivity contribution < 1.29 is 29.0 Å². The molecule has 9 nitrogen and oxygen atoms in total. The molecule has 2 atom stereocenters. The molecule has 33 heavy (non-hydrogen) atoms. The number of amides is 4. The number of benzene rings is 2. The van der Waals surface area contributed by atoms with Gasteiger partial charge in [-0.05, 0) is 36.1 Å². The van der Waals surface area contributed by atoms with Gasteiger partial charge < -0.3 is 25.2 Å². The predicted octanol–water partition coefficient (Wildman–Crippen LogP) is 1.28. The van der Waals surface area contributed by atoms with Gasteiger partial charge in [0, 0.05) is 6.54 Å². The molecule has 4 amide bonds. The van der Waals surface area contributed by atoms with E-state index in [-0.39, 0.29) is 19.6 Å². The van der Waals surface area contributed by atoms with Crippen molar-refractivity contribution in [3.63, 3.8) is 0 Å². The summed E-state index contributed by atoms with van der Waals surface area (Å²) >= 11 is 0. The third-order valence-corrected chi connectivity index (χ3v) is 5.48. The second-order valence-electron chi connectivity index (χ2n) is 7.77. The van der Waals surface area contributed by atoms with Crippen LogP contribution < -0.4 is 20.1 Å². The van der Waals surface area contributed by atoms with Crippen LogP contribution in [0.25, 0.3) is 0 Å². The van der Waals surface area contributed by atoms with Gasteiger partial charge in [0.1, 0.15) is 6.04 Å². The van der Waals surface area contributed by atoms with Crippen LogP contribution in [0, 0.1) is 0 Å². The zero-order valence-electron chi connectivity index (χ0n) is 18.7. The first kappa shape index (κ1) is 24.1. The number of hydrogen-bond acceptors (Lipinski definition) is 6. The van der Waals surface area contributed by atoms with Gasteiger partial charge in [0.25, 0.3) is 5.91 Å². The second kappa shape index (κ2) is 11.3. The van der Waals surface area contributed by atoms with E-state index in [9.17, 15) is 19.5 Å². The van der Waals surface area contributed by atoms with Crippen LogP contribution in [0.15, 0.2) is 48.5 Å². The quantitative estimate of drug-likeness (QED) is 0.440. The molecule has 0 aliphatic carbocycles. The van der Waals surface area contributed by atoms with Gasteiger partial charge in [-0.2, -0.15) is 0 Å². The van der Waals surface area contributed by atoms with Crippen LogP contribution >= 0.6 is 0 Å². The number of imide groups is 1. The summed E-state index contributed by atoms with van der Waals surface area (Å²) in [6.07, 6.45) is 0.705. The molecule has 1 saturated heterocycles. The second-order valence-corrected chi connectivity index (χ2v) is 7.77. The summed E-state index contributed by atoms with van der Waals surface area (Å²) in [5.41, 5.74) is 1.85. The Labute approximate surface area is 192 Å². The SMILES string of the molecule is COc1ccc(CCN2C(=O)N[C@H](CC(=O)N[C@H](CO)Cc3ccccc3)C2=O)cc1OC. The number of aliphatic hydroxyl groups excluding tert-OH is 1. The fourth-order valence-electron chi connectivity index (χ4n) is 3.74. The summed E-state index contributed by atoms with van der Waals surface area (Å²) in [5, 5.41) is 14.9. The van der Waals surface area contributed by atoms with Crippen LogP contribution in [-0.2, 0) is 22.4 Å². The van der Waals surface area contributed by atoms with Gasteiger partial charge in [0.15, 0.2) is 11.5 Å². The number of urea groups is 1. The van der Waals surface area contributed by atoms with Crippen LogP contribution in [0.2, 0.25) is 0 Å². The van der Waals surface area contributed by atoms with Crippen molar-refractivity contribution in [3.8, 4) is 11.5 Å². The molecular weight excluding hydrogens is 426 g/mol. The Morgan fingerprint density at radius 1 is 1.09 bits per heavy atom. The van der Waals surface area contributed by atoms with E-state index in [0.717, 1.165) is 16.0 Å². The Hall–Kier alpha value is -3.59. The van der Waals surface area contributed by atoms with Crippen molar-refractivity contribution in [2.75, 3.05) is 27.4 Å². The van der Waals surface area contributed by atoms with Crippen molar-refractivity contribution in [3.05, 3.63) is 59.7 Å². The minimum Gasteiger partial charge on any atom is -0.493 e. The number of rotatable bonds is 11. The predicted molar refractivity (Wildman–Crippen MR) is 121 cm³/mol. The summed E-state index contributed by atoms with van der Waals surface area (Å²) in [6, 6.07) is 12.9. The van der Waals surface area contributed by atoms with E-state index in [1.54, 1.807) is 19.2 Å². The molecule has 9 heteroatoms. The van der Waals surface area contributed by atoms with Gasteiger partial charge in [-0.1, -0.05) is 36.4 Å². The summed E-state index contributed by atoms with van der Waals surface area (Å²) in [5.74, 6) is 0.302. The van der Waals surface area contributed by atoms with E-state index in [2.05, 4.69) is 10.6 Å². The van der Waals surface area contributed by atoms with Crippen molar-refractivity contribution in [2.24, 2.45) is 0 Å². The largest absolute Gasteiger partial charge is 0.493 e. The lowest BCUT2D eigenvalue weighted by Gasteiger charge is -2.18. The number of aliphatic hydroxyl groups is 1. The van der Waals surface area contributed by atoms with Gasteiger partial charge in [-0.3, -0.25) is 14.5 Å². The van der Waals surface area contributed by atoms with Crippen molar-refractivity contribution in [1.29, 1.82) is 0 Å². The third-order valence-electron chi connectivity index (χ3n) is 5.48. The maximum Gasteiger partial charge on any atom is 0.324 e. The van der Waals surface area contributed by atoms with Crippen LogP contribution in [0.1, 0.15) is 17.5 Å². The summed E-state index contributed by atoms with van der Waals surface area (Å²) in [7, 11) is 3.08. The number of nitrogens with one attached hydrogen (secondary N) is 2. The standard InChI is InChI=1S/C24H29N3O6/c1-32-20-9-8-17(13-21(20)33-2)10-11-27-23(30)19(26-24(27)31)14-22(29)25-18(15-28)12-16-6-4-3-5-7-16/h3-9,13,18-19,28H,10-12,14-15H2,1-2H3,(H,25,29)(H,26,31)/t18-,19+/m0/s1. The lowest BCUT2D eigenvalue weighted by Crippen LogP contribution is -2.43. The molecule has 0 unspecified atom stereocenters. The van der Waals surface area contributed by atoms with E-state index in [1.165, 1.54) is 7.11 Å². The average Bonchev–Trinajstić information content (AvgIpc) is 3.09. The fourth-order valence-corrected chi connectivity index (χ4v) is 3.74. The molecule has 2 aromatic rings. The number of hydrogen-bond donors (Lipinski definition) is 3. The topological polar surface area (TPSA) is 117 Å². The van der Waals surface area contributed by atoms with E-state index in [4.69, 9.17) is 9.47 Å². The van der Waals surface area contributed by atoms with Gasteiger partial charge in [0.2, 0.25) is 5.91 Å². The molecule has 0 spiro atoms. The van der Waals surface area contributed by atoms with Gasteiger partial charge in [-0.15, -0.1) is 0 Å². The number of nitrogens with zero attached hydrogens (tertiary/aromatic N) is 1. The average molecular weight is 456 g/mol. The Morgan fingerprint density at radius 3 is 2.48 bits per heavy atom. The molecule has 176 valence electrons. The molecule has 0 bridgehead atoms. The van der Waals surface area contributed by atoms with Gasteiger partial charge in [0.05, 0.1) is 33.3 Å². The number of carbonyl (C=O) groups excluding carboxylic acids is 3. The maximum atomic E-state index is 12.7. The minimum atomic E-state index is -0.932. The highest BCUT2D eigenvalue weighted by molar-refractivity contribution is 6.05. The molecule has 3 rings (SSSR count). The number of ether oxygens (including phenoxy) is 2. The number of methoxy groups -OCH3 is 2. The van der Waals surface area contributed by atoms with Crippen LogP contribution in [-0.4, -0.2) is 67.3 Å². The molecule has 1 aliphatic heterocycles. The van der Waals surface area contributed by atoms with Crippen molar-refractivity contribution >= 4 is 17.8 Å². The first-order valence-corrected chi connectivity index (χ1v) is 10.7. The summed E-state index contributed by atoms with van der Waals surface area (Å²) < 4.78 is 10.5. The molecule has 1 heterocycles. The van der Waals surface area contributed by atoms with E-state index in [0.29, 0.717) is 24.3 Å². The van der Waals surface area contributed by atoms with Crippen molar-refractivity contribution in [2.45, 2.75) is 31.3 Å². The zero-order valence-corrected chi connectivity index (χ0v) is 18.7. The Bertz CT molecular complexity index is 981. The van der Waals surface area contributed by atoms with Crippen molar-refractivity contribution in [1.82, 2.24) is 15.5 Å². The molecule has 2 aromatic carbocycles. The fraction of sp³-hybridized carbons (Fsp3) is 0.375. The van der Waals surface area contributed by atoms with Crippen LogP contribution in [0.5, 0.6) is 11.5 Å². The highest BCUT2D eigenvalue weighted by Crippen LogP contribution is 2.27. The smallest absolute Gasteiger partial charge is 0.324 e. The van der Waals surface area contributed by atoms with Gasteiger partial charge >= 0.3 is 6.03 Å². The monoisotopic (exact) mass is 455 g/mol. The molecule has 1 aliphatic rings. The normalized spacial score (nSPS) is 16.3. The van der Waals surface area contributed by atoms with Crippen LogP contribution in [0.4, 0.5) is 4.79 Å². The first-order chi connectivity index (χ1) is 15.9. The maximum absolute atomic E-state index is 12.7. The molecule has 0 radical (unpaired) electrons. The lowest BCUT2D eigenvalue weighted by molar-refractivity contribution is -0.131. The van der Waals surface area contributed by atoms with Gasteiger partial charge in [-0.25, -0.2) is 4.79 Å². The summed E-state index contributed by atoms with van der Waals surface area (Å²) in [4.78, 5) is 38.6. The molecule has 1 fully saturated rings. The molecule has 3 N–H and O–H groups in total. The highest BCUT2D eigenvalue weighted by Gasteiger charge is 2.38. The molecule has 0 saturated carbocycles. The van der Waals surface area contributed by atoms with E-state index >= 15 is 0 Å². The first-order valence-electron chi connectivity index (χ1n) is 10.7. The number of carbonyl (C=O) groups is 3. The zero-order chi connectivity index (χ0) is 23.8.